The first kappa shape index (κ1) is 15.7. The van der Waals surface area contributed by atoms with Crippen LogP contribution >= 0.6 is 11.8 Å². The van der Waals surface area contributed by atoms with E-state index in [9.17, 15) is 0 Å². The van der Waals surface area contributed by atoms with Gasteiger partial charge in [0.15, 0.2) is 0 Å². The van der Waals surface area contributed by atoms with Crippen molar-refractivity contribution in [1.82, 2.24) is 0 Å². The lowest BCUT2D eigenvalue weighted by atomic mass is 10.00. The summed E-state index contributed by atoms with van der Waals surface area (Å²) in [5.41, 5.74) is 2.67. The van der Waals surface area contributed by atoms with Crippen molar-refractivity contribution in [1.29, 1.82) is 0 Å². The highest BCUT2D eigenvalue weighted by molar-refractivity contribution is 7.99. The topological polar surface area (TPSA) is 29.5 Å². The zero-order chi connectivity index (χ0) is 14.6. The Bertz CT molecular complexity index is 443. The van der Waals surface area contributed by atoms with Gasteiger partial charge < -0.3 is 9.84 Å². The average molecular weight is 294 g/mol. The first-order valence-corrected chi connectivity index (χ1v) is 8.65. The van der Waals surface area contributed by atoms with Crippen LogP contribution in [0, 0.1) is 5.92 Å². The Labute approximate surface area is 126 Å². The zero-order valence-electron chi connectivity index (χ0n) is 12.8. The molecule has 0 fully saturated rings. The average Bonchev–Trinajstić information content (AvgIpc) is 2.71. The van der Waals surface area contributed by atoms with Crippen LogP contribution < -0.4 is 4.74 Å². The van der Waals surface area contributed by atoms with E-state index in [1.54, 1.807) is 0 Å². The van der Waals surface area contributed by atoms with E-state index in [2.05, 4.69) is 39.0 Å². The second-order valence-electron chi connectivity index (χ2n) is 6.45. The largest absolute Gasteiger partial charge is 0.487 e. The van der Waals surface area contributed by atoms with Gasteiger partial charge in [0.05, 0.1) is 0 Å². The van der Waals surface area contributed by atoms with Crippen LogP contribution in [0.15, 0.2) is 18.2 Å². The molecule has 1 aromatic carbocycles. The fraction of sp³-hybridized carbons (Fsp3) is 0.647. The second-order valence-corrected chi connectivity index (χ2v) is 7.60. The van der Waals surface area contributed by atoms with Gasteiger partial charge >= 0.3 is 0 Å². The molecule has 2 rings (SSSR count). The number of aliphatic hydroxyl groups is 1. The smallest absolute Gasteiger partial charge is 0.123 e. The lowest BCUT2D eigenvalue weighted by Gasteiger charge is -2.16. The van der Waals surface area contributed by atoms with Crippen LogP contribution in [-0.2, 0) is 12.8 Å². The fourth-order valence-electron chi connectivity index (χ4n) is 2.50. The van der Waals surface area contributed by atoms with Crippen LogP contribution in [0.2, 0.25) is 0 Å². The molecule has 0 amide bonds. The molecule has 0 aliphatic carbocycles. The van der Waals surface area contributed by atoms with Crippen LogP contribution in [0.3, 0.4) is 0 Å². The maximum atomic E-state index is 8.97. The van der Waals surface area contributed by atoms with E-state index in [0.717, 1.165) is 30.1 Å². The van der Waals surface area contributed by atoms with Crippen molar-refractivity contribution in [3.05, 3.63) is 29.3 Å². The van der Waals surface area contributed by atoms with E-state index >= 15 is 0 Å². The first-order chi connectivity index (χ1) is 9.50. The van der Waals surface area contributed by atoms with Crippen LogP contribution in [0.4, 0.5) is 0 Å². The number of rotatable bonds is 7. The Morgan fingerprint density at radius 1 is 1.40 bits per heavy atom. The predicted octanol–water partition coefficient (Wildman–Crippen LogP) is 3.69. The Balaban J connectivity index is 1.75. The van der Waals surface area contributed by atoms with Gasteiger partial charge in [0.25, 0.3) is 0 Å². The van der Waals surface area contributed by atoms with Gasteiger partial charge in [0.2, 0.25) is 0 Å². The number of ether oxygens (including phenoxy) is 1. The molecule has 0 saturated heterocycles. The third-order valence-electron chi connectivity index (χ3n) is 3.60. The van der Waals surface area contributed by atoms with Gasteiger partial charge in [-0.2, -0.15) is 11.8 Å². The monoisotopic (exact) mass is 294 g/mol. The molecule has 1 unspecified atom stereocenters. The number of fused-ring (bicyclic) bond motifs is 1. The number of hydrogen-bond acceptors (Lipinski definition) is 3. The van der Waals surface area contributed by atoms with Crippen molar-refractivity contribution in [2.45, 2.75) is 45.6 Å². The summed E-state index contributed by atoms with van der Waals surface area (Å²) < 4.78 is 5.98. The highest BCUT2D eigenvalue weighted by Gasteiger charge is 2.29. The zero-order valence-corrected chi connectivity index (χ0v) is 13.6. The molecule has 2 nitrogen and oxygen atoms in total. The van der Waals surface area contributed by atoms with Gasteiger partial charge in [0.1, 0.15) is 11.4 Å². The summed E-state index contributed by atoms with van der Waals surface area (Å²) in [5.74, 6) is 3.70. The SMILES string of the molecule is CC(CO)CSCCCc1ccc2c(c1)OC(C)(C)C2. The van der Waals surface area contributed by atoms with E-state index in [0.29, 0.717) is 12.5 Å². The van der Waals surface area contributed by atoms with Crippen molar-refractivity contribution >= 4 is 11.8 Å². The van der Waals surface area contributed by atoms with Crippen LogP contribution in [-0.4, -0.2) is 28.8 Å². The highest BCUT2D eigenvalue weighted by Crippen LogP contribution is 2.35. The van der Waals surface area contributed by atoms with Crippen LogP contribution in [0.25, 0.3) is 0 Å². The predicted molar refractivity (Wildman–Crippen MR) is 86.7 cm³/mol. The van der Waals surface area contributed by atoms with E-state index in [4.69, 9.17) is 9.84 Å². The van der Waals surface area contributed by atoms with E-state index in [1.807, 2.05) is 11.8 Å². The summed E-state index contributed by atoms with van der Waals surface area (Å²) in [6.07, 6.45) is 3.31. The minimum atomic E-state index is -0.0444. The molecule has 112 valence electrons. The maximum Gasteiger partial charge on any atom is 0.123 e. The molecule has 1 aliphatic rings. The molecule has 0 saturated carbocycles. The van der Waals surface area contributed by atoms with Gasteiger partial charge in [-0.15, -0.1) is 0 Å². The second kappa shape index (κ2) is 6.86. The van der Waals surface area contributed by atoms with Gasteiger partial charge in [-0.1, -0.05) is 19.1 Å². The molecule has 1 N–H and O–H groups in total. The first-order valence-electron chi connectivity index (χ1n) is 7.49. The van der Waals surface area contributed by atoms with Crippen molar-refractivity contribution < 1.29 is 9.84 Å². The Kier molecular flexibility index (Phi) is 5.39. The quantitative estimate of drug-likeness (QED) is 0.778. The molecule has 3 heteroatoms. The van der Waals surface area contributed by atoms with Gasteiger partial charge in [0, 0.05) is 13.0 Å². The van der Waals surface area contributed by atoms with Gasteiger partial charge in [-0.25, -0.2) is 0 Å². The van der Waals surface area contributed by atoms with Gasteiger partial charge in [-0.3, -0.25) is 0 Å². The minimum absolute atomic E-state index is 0.0444. The molecule has 1 aromatic rings. The summed E-state index contributed by atoms with van der Waals surface area (Å²) in [5, 5.41) is 8.97. The summed E-state index contributed by atoms with van der Waals surface area (Å²) in [7, 11) is 0. The summed E-state index contributed by atoms with van der Waals surface area (Å²) >= 11 is 1.94. The molecule has 0 radical (unpaired) electrons. The maximum absolute atomic E-state index is 8.97. The van der Waals surface area contributed by atoms with Crippen molar-refractivity contribution in [3.63, 3.8) is 0 Å². The summed E-state index contributed by atoms with van der Waals surface area (Å²) in [4.78, 5) is 0. The summed E-state index contributed by atoms with van der Waals surface area (Å²) in [6.45, 7) is 6.68. The molecular weight excluding hydrogens is 268 g/mol. The van der Waals surface area contributed by atoms with Crippen molar-refractivity contribution in [3.8, 4) is 5.75 Å². The minimum Gasteiger partial charge on any atom is -0.487 e. The molecule has 0 spiro atoms. The van der Waals surface area contributed by atoms with E-state index in [-0.39, 0.29) is 5.60 Å². The molecule has 0 bridgehead atoms. The fourth-order valence-corrected chi connectivity index (χ4v) is 3.53. The summed E-state index contributed by atoms with van der Waals surface area (Å²) in [6, 6.07) is 6.68. The number of benzene rings is 1. The number of hydrogen-bond donors (Lipinski definition) is 1. The molecule has 20 heavy (non-hydrogen) atoms. The van der Waals surface area contributed by atoms with E-state index in [1.165, 1.54) is 17.5 Å². The normalized spacial score (nSPS) is 17.6. The Morgan fingerprint density at radius 3 is 2.95 bits per heavy atom. The lowest BCUT2D eigenvalue weighted by Crippen LogP contribution is -2.24. The third-order valence-corrected chi connectivity index (χ3v) is 4.98. The van der Waals surface area contributed by atoms with E-state index < -0.39 is 0 Å². The Hall–Kier alpha value is -0.670. The van der Waals surface area contributed by atoms with Crippen molar-refractivity contribution in [2.75, 3.05) is 18.1 Å². The number of thioether (sulfide) groups is 1. The number of aliphatic hydroxyl groups excluding tert-OH is 1. The standard InChI is InChI=1S/C17H26O2S/c1-13(11-18)12-20-8-4-5-14-6-7-15-10-17(2,3)19-16(15)9-14/h6-7,9,13,18H,4-5,8,10-12H2,1-3H3. The van der Waals surface area contributed by atoms with Gasteiger partial charge in [-0.05, 0) is 61.3 Å². The Morgan fingerprint density at radius 2 is 2.20 bits per heavy atom. The van der Waals surface area contributed by atoms with Crippen LogP contribution in [0.5, 0.6) is 5.75 Å². The molecule has 1 heterocycles. The molecule has 1 aliphatic heterocycles. The highest BCUT2D eigenvalue weighted by atomic mass is 32.2. The molecule has 0 aromatic heterocycles. The van der Waals surface area contributed by atoms with Crippen molar-refractivity contribution in [2.24, 2.45) is 5.92 Å². The molecular formula is C17H26O2S. The van der Waals surface area contributed by atoms with Crippen LogP contribution in [0.1, 0.15) is 38.3 Å². The number of aryl methyl sites for hydroxylation is 1. The third kappa shape index (κ3) is 4.42. The molecule has 1 atom stereocenters. The lowest BCUT2D eigenvalue weighted by molar-refractivity contribution is 0.138.